The van der Waals surface area contributed by atoms with Crippen molar-refractivity contribution in [3.8, 4) is 0 Å². The third kappa shape index (κ3) is 4.03. The molecule has 2 nitrogen and oxygen atoms in total. The first-order valence-electron chi connectivity index (χ1n) is 5.25. The van der Waals surface area contributed by atoms with E-state index in [1.54, 1.807) is 0 Å². The van der Waals surface area contributed by atoms with E-state index in [2.05, 4.69) is 5.32 Å². The maximum absolute atomic E-state index is 11.5. The third-order valence-corrected chi connectivity index (χ3v) is 2.90. The van der Waals surface area contributed by atoms with Crippen LogP contribution < -0.4 is 5.32 Å². The molecule has 0 unspecified atom stereocenters. The molecular formula is C12H15Cl2NO. The lowest BCUT2D eigenvalue weighted by Crippen LogP contribution is -2.26. The van der Waals surface area contributed by atoms with Crippen molar-refractivity contribution in [2.75, 3.05) is 5.88 Å². The van der Waals surface area contributed by atoms with Crippen LogP contribution in [-0.2, 0) is 4.79 Å². The van der Waals surface area contributed by atoms with Crippen LogP contribution in [0.25, 0.3) is 0 Å². The van der Waals surface area contributed by atoms with Gasteiger partial charge < -0.3 is 5.32 Å². The van der Waals surface area contributed by atoms with E-state index >= 15 is 0 Å². The van der Waals surface area contributed by atoms with Crippen LogP contribution in [0, 0.1) is 0 Å². The van der Waals surface area contributed by atoms with Crippen molar-refractivity contribution in [1.29, 1.82) is 0 Å². The van der Waals surface area contributed by atoms with Gasteiger partial charge in [-0.15, -0.1) is 11.6 Å². The van der Waals surface area contributed by atoms with E-state index < -0.39 is 0 Å². The zero-order valence-electron chi connectivity index (χ0n) is 9.17. The molecule has 88 valence electrons. The van der Waals surface area contributed by atoms with Gasteiger partial charge in [-0.25, -0.2) is 0 Å². The van der Waals surface area contributed by atoms with Gasteiger partial charge >= 0.3 is 0 Å². The van der Waals surface area contributed by atoms with Crippen LogP contribution in [0.5, 0.6) is 0 Å². The molecule has 0 aliphatic carbocycles. The first kappa shape index (κ1) is 13.3. The smallest absolute Gasteiger partial charge is 0.220 e. The lowest BCUT2D eigenvalue weighted by molar-refractivity contribution is -0.121. The minimum Gasteiger partial charge on any atom is -0.350 e. The van der Waals surface area contributed by atoms with Gasteiger partial charge in [0.1, 0.15) is 0 Å². The van der Waals surface area contributed by atoms with Gasteiger partial charge in [0.25, 0.3) is 0 Å². The highest BCUT2D eigenvalue weighted by Crippen LogP contribution is 2.22. The molecule has 0 bridgehead atoms. The summed E-state index contributed by atoms with van der Waals surface area (Å²) >= 11 is 11.6. The van der Waals surface area contributed by atoms with Crippen LogP contribution in [0.4, 0.5) is 0 Å². The van der Waals surface area contributed by atoms with E-state index in [1.807, 2.05) is 31.2 Å². The fourth-order valence-corrected chi connectivity index (χ4v) is 1.88. The van der Waals surface area contributed by atoms with E-state index in [-0.39, 0.29) is 11.9 Å². The summed E-state index contributed by atoms with van der Waals surface area (Å²) in [6, 6.07) is 7.43. The van der Waals surface area contributed by atoms with Crippen molar-refractivity contribution < 1.29 is 4.79 Å². The predicted octanol–water partition coefficient (Wildman–Crippen LogP) is 3.54. The van der Waals surface area contributed by atoms with Crippen molar-refractivity contribution in [2.45, 2.75) is 25.8 Å². The molecule has 1 N–H and O–H groups in total. The Labute approximate surface area is 106 Å². The summed E-state index contributed by atoms with van der Waals surface area (Å²) in [6.07, 6.45) is 1.15. The Morgan fingerprint density at radius 1 is 1.44 bits per heavy atom. The molecule has 0 fully saturated rings. The molecule has 0 heterocycles. The monoisotopic (exact) mass is 259 g/mol. The average Bonchev–Trinajstić information content (AvgIpc) is 2.26. The second-order valence-corrected chi connectivity index (χ2v) is 4.39. The number of rotatable bonds is 5. The number of alkyl halides is 1. The molecule has 16 heavy (non-hydrogen) atoms. The van der Waals surface area contributed by atoms with Crippen LogP contribution in [0.1, 0.15) is 31.4 Å². The highest BCUT2D eigenvalue weighted by Gasteiger charge is 2.11. The standard InChI is InChI=1S/C12H15Cl2NO/c1-9(15-12(16)7-4-8-13)10-5-2-3-6-11(10)14/h2-3,5-6,9H,4,7-8H2,1H3,(H,15,16)/t9-/m1/s1. The third-order valence-electron chi connectivity index (χ3n) is 2.29. The van der Waals surface area contributed by atoms with Crippen LogP contribution >= 0.6 is 23.2 Å². The number of nitrogens with one attached hydrogen (secondary N) is 1. The molecule has 4 heteroatoms. The number of hydrogen-bond donors (Lipinski definition) is 1. The van der Waals surface area contributed by atoms with Crippen LogP contribution in [0.3, 0.4) is 0 Å². The summed E-state index contributed by atoms with van der Waals surface area (Å²) in [5, 5.41) is 3.56. The van der Waals surface area contributed by atoms with Gasteiger partial charge in [0.05, 0.1) is 6.04 Å². The maximum Gasteiger partial charge on any atom is 0.220 e. The summed E-state index contributed by atoms with van der Waals surface area (Å²) in [4.78, 5) is 11.5. The Bertz CT molecular complexity index is 355. The number of carbonyl (C=O) groups is 1. The summed E-state index contributed by atoms with van der Waals surface area (Å²) in [5.74, 6) is 0.515. The molecule has 0 radical (unpaired) electrons. The maximum atomic E-state index is 11.5. The van der Waals surface area contributed by atoms with Crippen molar-refractivity contribution in [1.82, 2.24) is 5.32 Å². The van der Waals surface area contributed by atoms with Crippen molar-refractivity contribution in [3.63, 3.8) is 0 Å². The van der Waals surface area contributed by atoms with Gasteiger partial charge in [-0.3, -0.25) is 4.79 Å². The van der Waals surface area contributed by atoms with Gasteiger partial charge in [-0.05, 0) is 25.0 Å². The first-order chi connectivity index (χ1) is 7.65. The molecule has 1 amide bonds. The first-order valence-corrected chi connectivity index (χ1v) is 6.16. The lowest BCUT2D eigenvalue weighted by Gasteiger charge is -2.15. The SMILES string of the molecule is C[C@@H](NC(=O)CCCCl)c1ccccc1Cl. The normalized spacial score (nSPS) is 12.2. The molecule has 0 spiro atoms. The summed E-state index contributed by atoms with van der Waals surface area (Å²) < 4.78 is 0. The van der Waals surface area contributed by atoms with E-state index in [0.717, 1.165) is 5.56 Å². The predicted molar refractivity (Wildman–Crippen MR) is 68.0 cm³/mol. The molecule has 0 aliphatic heterocycles. The van der Waals surface area contributed by atoms with E-state index in [9.17, 15) is 4.79 Å². The van der Waals surface area contributed by atoms with Crippen molar-refractivity contribution in [2.24, 2.45) is 0 Å². The summed E-state index contributed by atoms with van der Waals surface area (Å²) in [5.41, 5.74) is 0.934. The molecule has 0 aliphatic rings. The van der Waals surface area contributed by atoms with Crippen LogP contribution in [0.15, 0.2) is 24.3 Å². The number of halogens is 2. The van der Waals surface area contributed by atoms with E-state index in [0.29, 0.717) is 23.7 Å². The Morgan fingerprint density at radius 2 is 2.12 bits per heavy atom. The second kappa shape index (κ2) is 6.77. The number of benzene rings is 1. The summed E-state index contributed by atoms with van der Waals surface area (Å²) in [6.45, 7) is 1.92. The molecule has 0 saturated heterocycles. The Morgan fingerprint density at radius 3 is 2.75 bits per heavy atom. The van der Waals surface area contributed by atoms with Crippen LogP contribution in [0.2, 0.25) is 5.02 Å². The Hall–Kier alpha value is -0.730. The van der Waals surface area contributed by atoms with E-state index in [4.69, 9.17) is 23.2 Å². The van der Waals surface area contributed by atoms with Crippen LogP contribution in [-0.4, -0.2) is 11.8 Å². The minimum absolute atomic E-state index is 0.00747. The highest BCUT2D eigenvalue weighted by atomic mass is 35.5. The van der Waals surface area contributed by atoms with Crippen molar-refractivity contribution in [3.05, 3.63) is 34.9 Å². The average molecular weight is 260 g/mol. The fraction of sp³-hybridized carbons (Fsp3) is 0.417. The number of carbonyl (C=O) groups excluding carboxylic acids is 1. The molecule has 0 saturated carbocycles. The zero-order valence-corrected chi connectivity index (χ0v) is 10.7. The molecule has 1 rings (SSSR count). The highest BCUT2D eigenvalue weighted by molar-refractivity contribution is 6.31. The van der Waals surface area contributed by atoms with Gasteiger partial charge in [0, 0.05) is 17.3 Å². The molecular weight excluding hydrogens is 245 g/mol. The van der Waals surface area contributed by atoms with Gasteiger partial charge in [-0.1, -0.05) is 29.8 Å². The van der Waals surface area contributed by atoms with Gasteiger partial charge in [-0.2, -0.15) is 0 Å². The summed E-state index contributed by atoms with van der Waals surface area (Å²) in [7, 11) is 0. The minimum atomic E-state index is -0.0727. The Balaban J connectivity index is 2.55. The topological polar surface area (TPSA) is 29.1 Å². The molecule has 1 aromatic rings. The largest absolute Gasteiger partial charge is 0.350 e. The van der Waals surface area contributed by atoms with E-state index in [1.165, 1.54) is 0 Å². The second-order valence-electron chi connectivity index (χ2n) is 3.60. The Kier molecular flexibility index (Phi) is 5.64. The number of amides is 1. The molecule has 1 aromatic carbocycles. The van der Waals surface area contributed by atoms with Crippen molar-refractivity contribution >= 4 is 29.1 Å². The van der Waals surface area contributed by atoms with Gasteiger partial charge in [0.2, 0.25) is 5.91 Å². The molecule has 0 aromatic heterocycles. The lowest BCUT2D eigenvalue weighted by atomic mass is 10.1. The van der Waals surface area contributed by atoms with Gasteiger partial charge in [0.15, 0.2) is 0 Å². The number of hydrogen-bond acceptors (Lipinski definition) is 1. The fourth-order valence-electron chi connectivity index (χ4n) is 1.45. The zero-order chi connectivity index (χ0) is 12.0. The molecule has 1 atom stereocenters. The quantitative estimate of drug-likeness (QED) is 0.806.